The van der Waals surface area contributed by atoms with E-state index in [1.807, 2.05) is 0 Å². The molecule has 2 aliphatic rings. The molecule has 0 aliphatic carbocycles. The topological polar surface area (TPSA) is 15.3 Å². The molecule has 1 aromatic rings. The van der Waals surface area contributed by atoms with E-state index >= 15 is 0 Å². The lowest BCUT2D eigenvalue weighted by Gasteiger charge is -2.31. The lowest BCUT2D eigenvalue weighted by Crippen LogP contribution is -2.38. The van der Waals surface area contributed by atoms with Gasteiger partial charge in [-0.15, -0.1) is 0 Å². The van der Waals surface area contributed by atoms with Crippen molar-refractivity contribution < 1.29 is 0 Å². The molecule has 0 spiro atoms. The molecular formula is C16H24N2. The van der Waals surface area contributed by atoms with E-state index < -0.39 is 0 Å². The molecule has 18 heavy (non-hydrogen) atoms. The highest BCUT2D eigenvalue weighted by Crippen LogP contribution is 2.24. The zero-order chi connectivity index (χ0) is 12.2. The molecule has 2 aliphatic heterocycles. The predicted molar refractivity (Wildman–Crippen MR) is 75.8 cm³/mol. The van der Waals surface area contributed by atoms with Crippen molar-refractivity contribution >= 4 is 0 Å². The standard InChI is InChI=1S/C16H24N2/c1-4-11-18(12-5-1)13-16-15-9-3-2-7-14(15)8-6-10-17-16/h2-3,7,9,16-17H,1,4-6,8,10-13H2. The molecule has 0 aromatic heterocycles. The lowest BCUT2D eigenvalue weighted by molar-refractivity contribution is 0.206. The summed E-state index contributed by atoms with van der Waals surface area (Å²) in [5.74, 6) is 0. The lowest BCUT2D eigenvalue weighted by atomic mass is 9.98. The predicted octanol–water partition coefficient (Wildman–Crippen LogP) is 2.75. The van der Waals surface area contributed by atoms with E-state index in [0.29, 0.717) is 6.04 Å². The molecule has 2 nitrogen and oxygen atoms in total. The fraction of sp³-hybridized carbons (Fsp3) is 0.625. The molecule has 3 rings (SSSR count). The Morgan fingerprint density at radius 3 is 2.78 bits per heavy atom. The second-order valence-corrected chi connectivity index (χ2v) is 5.67. The van der Waals surface area contributed by atoms with Crippen molar-refractivity contribution in [3.63, 3.8) is 0 Å². The van der Waals surface area contributed by atoms with Crippen LogP contribution in [-0.2, 0) is 6.42 Å². The minimum absolute atomic E-state index is 0.543. The molecule has 2 heterocycles. The number of nitrogens with zero attached hydrogens (tertiary/aromatic N) is 1. The number of aryl methyl sites for hydroxylation is 1. The van der Waals surface area contributed by atoms with E-state index in [-0.39, 0.29) is 0 Å². The van der Waals surface area contributed by atoms with Crippen LogP contribution in [0, 0.1) is 0 Å². The number of likely N-dealkylation sites (tertiary alicyclic amines) is 1. The first kappa shape index (κ1) is 12.2. The monoisotopic (exact) mass is 244 g/mol. The van der Waals surface area contributed by atoms with Gasteiger partial charge < -0.3 is 10.2 Å². The first-order valence-corrected chi connectivity index (χ1v) is 7.47. The van der Waals surface area contributed by atoms with Gasteiger partial charge in [-0.3, -0.25) is 0 Å². The Hall–Kier alpha value is -0.860. The van der Waals surface area contributed by atoms with Crippen LogP contribution in [0.5, 0.6) is 0 Å². The van der Waals surface area contributed by atoms with Crippen LogP contribution in [0.15, 0.2) is 24.3 Å². The quantitative estimate of drug-likeness (QED) is 0.860. The van der Waals surface area contributed by atoms with Crippen molar-refractivity contribution in [3.8, 4) is 0 Å². The van der Waals surface area contributed by atoms with Crippen LogP contribution in [-0.4, -0.2) is 31.1 Å². The number of rotatable bonds is 2. The van der Waals surface area contributed by atoms with Crippen LogP contribution in [0.3, 0.4) is 0 Å². The van der Waals surface area contributed by atoms with Crippen molar-refractivity contribution in [2.24, 2.45) is 0 Å². The van der Waals surface area contributed by atoms with Gasteiger partial charge in [0.05, 0.1) is 0 Å². The molecule has 1 fully saturated rings. The summed E-state index contributed by atoms with van der Waals surface area (Å²) in [7, 11) is 0. The van der Waals surface area contributed by atoms with Gasteiger partial charge in [-0.1, -0.05) is 30.7 Å². The molecule has 1 saturated heterocycles. The molecule has 1 aromatic carbocycles. The molecule has 0 radical (unpaired) electrons. The van der Waals surface area contributed by atoms with Crippen LogP contribution < -0.4 is 5.32 Å². The largest absolute Gasteiger partial charge is 0.309 e. The summed E-state index contributed by atoms with van der Waals surface area (Å²) >= 11 is 0. The summed E-state index contributed by atoms with van der Waals surface area (Å²) in [5, 5.41) is 3.74. The van der Waals surface area contributed by atoms with Crippen molar-refractivity contribution in [2.75, 3.05) is 26.2 Å². The van der Waals surface area contributed by atoms with Crippen molar-refractivity contribution in [1.29, 1.82) is 0 Å². The van der Waals surface area contributed by atoms with Gasteiger partial charge in [-0.05, 0) is 56.4 Å². The molecular weight excluding hydrogens is 220 g/mol. The number of hydrogen-bond donors (Lipinski definition) is 1. The van der Waals surface area contributed by atoms with Crippen molar-refractivity contribution in [3.05, 3.63) is 35.4 Å². The molecule has 2 heteroatoms. The summed E-state index contributed by atoms with van der Waals surface area (Å²) in [6.07, 6.45) is 6.70. The zero-order valence-corrected chi connectivity index (χ0v) is 11.2. The van der Waals surface area contributed by atoms with E-state index in [1.54, 1.807) is 11.1 Å². The van der Waals surface area contributed by atoms with Crippen LogP contribution in [0.2, 0.25) is 0 Å². The second-order valence-electron chi connectivity index (χ2n) is 5.67. The summed E-state index contributed by atoms with van der Waals surface area (Å²) in [6.45, 7) is 4.94. The van der Waals surface area contributed by atoms with Crippen LogP contribution >= 0.6 is 0 Å². The highest BCUT2D eigenvalue weighted by Gasteiger charge is 2.21. The van der Waals surface area contributed by atoms with Crippen LogP contribution in [0.4, 0.5) is 0 Å². The number of nitrogens with one attached hydrogen (secondary N) is 1. The van der Waals surface area contributed by atoms with Crippen molar-refractivity contribution in [2.45, 2.75) is 38.1 Å². The third-order valence-electron chi connectivity index (χ3n) is 4.33. The van der Waals surface area contributed by atoms with Gasteiger partial charge in [0, 0.05) is 12.6 Å². The Balaban J connectivity index is 1.74. The SMILES string of the molecule is c1ccc2c(c1)CCCNC2CN1CCCCC1. The molecule has 1 N–H and O–H groups in total. The maximum absolute atomic E-state index is 3.74. The first-order valence-electron chi connectivity index (χ1n) is 7.47. The third-order valence-corrected chi connectivity index (χ3v) is 4.33. The van der Waals surface area contributed by atoms with Gasteiger partial charge >= 0.3 is 0 Å². The fourth-order valence-electron chi connectivity index (χ4n) is 3.33. The van der Waals surface area contributed by atoms with Crippen LogP contribution in [0.1, 0.15) is 42.9 Å². The summed E-state index contributed by atoms with van der Waals surface area (Å²) in [4.78, 5) is 2.64. The smallest absolute Gasteiger partial charge is 0.0452 e. The normalized spacial score (nSPS) is 25.4. The van der Waals surface area contributed by atoms with Crippen LogP contribution in [0.25, 0.3) is 0 Å². The number of piperidine rings is 1. The average Bonchev–Trinajstić information content (AvgIpc) is 2.63. The third kappa shape index (κ3) is 2.76. The molecule has 98 valence electrons. The highest BCUT2D eigenvalue weighted by atomic mass is 15.2. The first-order chi connectivity index (χ1) is 8.93. The summed E-state index contributed by atoms with van der Waals surface area (Å²) in [6, 6.07) is 9.55. The summed E-state index contributed by atoms with van der Waals surface area (Å²) < 4.78 is 0. The molecule has 1 atom stereocenters. The van der Waals surface area contributed by atoms with Gasteiger partial charge in [0.25, 0.3) is 0 Å². The number of fused-ring (bicyclic) bond motifs is 1. The van der Waals surface area contributed by atoms with Crippen molar-refractivity contribution in [1.82, 2.24) is 10.2 Å². The minimum Gasteiger partial charge on any atom is -0.309 e. The van der Waals surface area contributed by atoms with E-state index in [2.05, 4.69) is 34.5 Å². The molecule has 0 amide bonds. The van der Waals surface area contributed by atoms with Gasteiger partial charge in [-0.25, -0.2) is 0 Å². The minimum atomic E-state index is 0.543. The Labute approximate surface area is 110 Å². The van der Waals surface area contributed by atoms with Gasteiger partial charge in [0.1, 0.15) is 0 Å². The van der Waals surface area contributed by atoms with E-state index in [0.717, 1.165) is 6.54 Å². The maximum Gasteiger partial charge on any atom is 0.0452 e. The fourth-order valence-corrected chi connectivity index (χ4v) is 3.33. The Morgan fingerprint density at radius 1 is 1.06 bits per heavy atom. The number of benzene rings is 1. The van der Waals surface area contributed by atoms with E-state index in [1.165, 1.54) is 51.7 Å². The zero-order valence-electron chi connectivity index (χ0n) is 11.2. The Morgan fingerprint density at radius 2 is 1.89 bits per heavy atom. The van der Waals surface area contributed by atoms with Gasteiger partial charge in [0.2, 0.25) is 0 Å². The molecule has 0 bridgehead atoms. The Kier molecular flexibility index (Phi) is 3.96. The average molecular weight is 244 g/mol. The van der Waals surface area contributed by atoms with E-state index in [4.69, 9.17) is 0 Å². The second kappa shape index (κ2) is 5.85. The number of hydrogen-bond acceptors (Lipinski definition) is 2. The summed E-state index contributed by atoms with van der Waals surface area (Å²) in [5.41, 5.74) is 3.10. The van der Waals surface area contributed by atoms with Gasteiger partial charge in [-0.2, -0.15) is 0 Å². The Bertz CT molecular complexity index is 382. The molecule has 1 unspecified atom stereocenters. The highest BCUT2D eigenvalue weighted by molar-refractivity contribution is 5.31. The van der Waals surface area contributed by atoms with E-state index in [9.17, 15) is 0 Å². The van der Waals surface area contributed by atoms with Gasteiger partial charge in [0.15, 0.2) is 0 Å². The maximum atomic E-state index is 3.74. The molecule has 0 saturated carbocycles.